The molecule has 0 bridgehead atoms. The number of nitrogens with zero attached hydrogens (tertiary/aromatic N) is 3. The highest BCUT2D eigenvalue weighted by molar-refractivity contribution is 5.68. The molecular formula is C20H29N3. The van der Waals surface area contributed by atoms with Crippen LogP contribution in [0.5, 0.6) is 0 Å². The molecule has 1 aromatic rings. The van der Waals surface area contributed by atoms with E-state index in [1.807, 2.05) is 0 Å². The van der Waals surface area contributed by atoms with Crippen molar-refractivity contribution in [2.45, 2.75) is 67.9 Å². The van der Waals surface area contributed by atoms with Crippen molar-refractivity contribution in [2.24, 2.45) is 15.9 Å². The molecule has 0 fully saturated rings. The van der Waals surface area contributed by atoms with Crippen LogP contribution in [0.2, 0.25) is 0 Å². The Balaban J connectivity index is 2.82. The van der Waals surface area contributed by atoms with Crippen molar-refractivity contribution < 1.29 is 0 Å². The van der Waals surface area contributed by atoms with Crippen LogP contribution in [0.25, 0.3) is 10.4 Å². The van der Waals surface area contributed by atoms with Crippen LogP contribution in [-0.4, -0.2) is 0 Å². The van der Waals surface area contributed by atoms with Crippen LogP contribution in [0, 0.1) is 31.6 Å². The van der Waals surface area contributed by atoms with Gasteiger partial charge in [0.25, 0.3) is 0 Å². The normalized spacial score (nSPS) is 17.1. The Hall–Kier alpha value is -1.73. The van der Waals surface area contributed by atoms with Gasteiger partial charge in [0.05, 0.1) is 0 Å². The van der Waals surface area contributed by atoms with Crippen LogP contribution in [0.15, 0.2) is 28.4 Å². The molecule has 3 nitrogen and oxygen atoms in total. The van der Waals surface area contributed by atoms with Crippen molar-refractivity contribution in [2.75, 3.05) is 0 Å². The first-order valence-electron chi connectivity index (χ1n) is 8.28. The third-order valence-corrected chi connectivity index (χ3v) is 4.64. The first-order chi connectivity index (χ1) is 10.4. The van der Waals surface area contributed by atoms with E-state index in [0.29, 0.717) is 0 Å². The van der Waals surface area contributed by atoms with Crippen molar-refractivity contribution in [3.05, 3.63) is 56.0 Å². The van der Waals surface area contributed by atoms with Crippen molar-refractivity contribution in [1.82, 2.24) is 0 Å². The first kappa shape index (κ1) is 17.6. The van der Waals surface area contributed by atoms with Crippen LogP contribution < -0.4 is 0 Å². The molecular weight excluding hydrogens is 282 g/mol. The van der Waals surface area contributed by atoms with Gasteiger partial charge in [-0.2, -0.15) is 0 Å². The van der Waals surface area contributed by atoms with E-state index < -0.39 is 5.54 Å². The summed E-state index contributed by atoms with van der Waals surface area (Å²) >= 11 is 0. The Morgan fingerprint density at radius 1 is 0.870 bits per heavy atom. The minimum absolute atomic E-state index is 0.0272. The molecule has 0 unspecified atom stereocenters. The lowest BCUT2D eigenvalue weighted by atomic mass is 9.80. The zero-order valence-corrected chi connectivity index (χ0v) is 16.0. The number of hydrogen-bond donors (Lipinski definition) is 0. The van der Waals surface area contributed by atoms with Crippen LogP contribution >= 0.6 is 0 Å². The minimum Gasteiger partial charge on any atom is -0.0736 e. The van der Waals surface area contributed by atoms with Gasteiger partial charge >= 0.3 is 0 Å². The second-order valence-corrected chi connectivity index (χ2v) is 8.92. The number of azide groups is 1. The SMILES string of the molecule is Cc1cc(C)c(C2(N=[N+]=[N-])C(C(C)(C)C)=C2C(C)(C)C)c(C)c1. The molecule has 0 aliphatic heterocycles. The fraction of sp³-hybridized carbons (Fsp3) is 0.600. The van der Waals surface area contributed by atoms with Gasteiger partial charge in [-0.1, -0.05) is 64.4 Å². The molecule has 2 rings (SSSR count). The Morgan fingerprint density at radius 3 is 1.57 bits per heavy atom. The third kappa shape index (κ3) is 2.68. The lowest BCUT2D eigenvalue weighted by molar-refractivity contribution is 0.465. The van der Waals surface area contributed by atoms with Crippen molar-refractivity contribution >= 4 is 0 Å². The van der Waals surface area contributed by atoms with E-state index in [1.165, 1.54) is 33.4 Å². The summed E-state index contributed by atoms with van der Waals surface area (Å²) in [7, 11) is 0. The predicted octanol–water partition coefficient (Wildman–Crippen LogP) is 6.52. The minimum atomic E-state index is -0.590. The van der Waals surface area contributed by atoms with Crippen LogP contribution in [0.4, 0.5) is 0 Å². The van der Waals surface area contributed by atoms with Gasteiger partial charge in [0.15, 0.2) is 0 Å². The molecule has 0 radical (unpaired) electrons. The topological polar surface area (TPSA) is 48.8 Å². The van der Waals surface area contributed by atoms with Gasteiger partial charge in [-0.25, -0.2) is 0 Å². The van der Waals surface area contributed by atoms with E-state index in [1.54, 1.807) is 0 Å². The zero-order valence-electron chi connectivity index (χ0n) is 16.0. The summed E-state index contributed by atoms with van der Waals surface area (Å²) < 4.78 is 0. The third-order valence-electron chi connectivity index (χ3n) is 4.64. The van der Waals surface area contributed by atoms with Gasteiger partial charge in [0, 0.05) is 4.91 Å². The Bertz CT molecular complexity index is 686. The van der Waals surface area contributed by atoms with E-state index in [9.17, 15) is 5.53 Å². The molecule has 0 spiro atoms. The molecule has 0 saturated heterocycles. The standard InChI is InChI=1S/C20H29N3/c1-12-10-13(2)15(14(3)11-12)20(22-23-21)16(18(4,5)6)17(20)19(7,8)9/h10-11H,1-9H3. The molecule has 0 saturated carbocycles. The summed E-state index contributed by atoms with van der Waals surface area (Å²) in [4.78, 5) is 3.26. The van der Waals surface area contributed by atoms with Gasteiger partial charge in [-0.3, -0.25) is 0 Å². The smallest absolute Gasteiger partial charge is 0.0736 e. The summed E-state index contributed by atoms with van der Waals surface area (Å²) in [5.74, 6) is 0. The highest BCUT2D eigenvalue weighted by Gasteiger charge is 2.62. The zero-order chi connectivity index (χ0) is 17.8. The van der Waals surface area contributed by atoms with Crippen LogP contribution in [0.3, 0.4) is 0 Å². The van der Waals surface area contributed by atoms with E-state index in [0.717, 1.165) is 0 Å². The Labute approximate surface area is 140 Å². The molecule has 0 aromatic heterocycles. The Morgan fingerprint density at radius 2 is 1.26 bits per heavy atom. The summed E-state index contributed by atoms with van der Waals surface area (Å²) in [6, 6.07) is 4.38. The summed E-state index contributed by atoms with van der Waals surface area (Å²) in [5.41, 5.74) is 16.1. The van der Waals surface area contributed by atoms with Crippen LogP contribution in [-0.2, 0) is 5.54 Å². The summed E-state index contributed by atoms with van der Waals surface area (Å²) in [5, 5.41) is 4.39. The van der Waals surface area contributed by atoms with Crippen molar-refractivity contribution in [3.63, 3.8) is 0 Å². The highest BCUT2D eigenvalue weighted by atomic mass is 15.2. The average molecular weight is 311 g/mol. The number of rotatable bonds is 2. The van der Waals surface area contributed by atoms with Crippen molar-refractivity contribution in [1.29, 1.82) is 0 Å². The largest absolute Gasteiger partial charge is 0.118 e. The quantitative estimate of drug-likeness (QED) is 0.258. The maximum Gasteiger partial charge on any atom is 0.118 e. The van der Waals surface area contributed by atoms with Crippen molar-refractivity contribution in [3.8, 4) is 0 Å². The molecule has 0 N–H and O–H groups in total. The second-order valence-electron chi connectivity index (χ2n) is 8.92. The lowest BCUT2D eigenvalue weighted by Crippen LogP contribution is -2.22. The molecule has 3 heteroatoms. The molecule has 0 amide bonds. The maximum atomic E-state index is 9.34. The van der Waals surface area contributed by atoms with Gasteiger partial charge < -0.3 is 0 Å². The van der Waals surface area contributed by atoms with Gasteiger partial charge in [-0.15, -0.1) is 0 Å². The maximum absolute atomic E-state index is 9.34. The monoisotopic (exact) mass is 311 g/mol. The molecule has 0 atom stereocenters. The molecule has 1 aliphatic carbocycles. The Kier molecular flexibility index (Phi) is 3.94. The summed E-state index contributed by atoms with van der Waals surface area (Å²) in [6.07, 6.45) is 0. The van der Waals surface area contributed by atoms with E-state index in [4.69, 9.17) is 0 Å². The molecule has 23 heavy (non-hydrogen) atoms. The second kappa shape index (κ2) is 5.14. The fourth-order valence-electron chi connectivity index (χ4n) is 4.32. The predicted molar refractivity (Wildman–Crippen MR) is 97.4 cm³/mol. The van der Waals surface area contributed by atoms with Gasteiger partial charge in [0.1, 0.15) is 5.54 Å². The van der Waals surface area contributed by atoms with E-state index >= 15 is 0 Å². The summed E-state index contributed by atoms with van der Waals surface area (Å²) in [6.45, 7) is 19.6. The van der Waals surface area contributed by atoms with E-state index in [2.05, 4.69) is 84.5 Å². The van der Waals surface area contributed by atoms with Gasteiger partial charge in [0.2, 0.25) is 0 Å². The molecule has 124 valence electrons. The number of hydrogen-bond acceptors (Lipinski definition) is 1. The number of benzene rings is 1. The lowest BCUT2D eigenvalue weighted by Gasteiger charge is -2.27. The van der Waals surface area contributed by atoms with E-state index in [-0.39, 0.29) is 10.8 Å². The van der Waals surface area contributed by atoms with Gasteiger partial charge in [-0.05, 0) is 65.0 Å². The highest BCUT2D eigenvalue weighted by Crippen LogP contribution is 2.68. The first-order valence-corrected chi connectivity index (χ1v) is 8.28. The number of aryl methyl sites for hydroxylation is 3. The molecule has 0 heterocycles. The average Bonchev–Trinajstić information content (AvgIpc) is 2.97. The fourth-order valence-corrected chi connectivity index (χ4v) is 4.32. The van der Waals surface area contributed by atoms with Crippen LogP contribution in [0.1, 0.15) is 63.8 Å². The molecule has 1 aromatic carbocycles. The molecule has 1 aliphatic rings.